The zero-order chi connectivity index (χ0) is 50.2. The van der Waals surface area contributed by atoms with Crippen LogP contribution in [0.2, 0.25) is 0 Å². The Morgan fingerprint density at radius 2 is 1.47 bits per heavy atom. The van der Waals surface area contributed by atoms with Crippen LogP contribution < -0.4 is 11.4 Å². The van der Waals surface area contributed by atoms with Gasteiger partial charge in [-0.1, -0.05) is 139 Å². The Labute approximate surface area is 401 Å². The number of hydrogen-bond donors (Lipinski definition) is 6. The van der Waals surface area contributed by atoms with E-state index in [9.17, 15) is 48.6 Å². The number of aliphatic hydroxyl groups excluding tert-OH is 3. The number of hydrogen-bond acceptors (Lipinski definition) is 16. The van der Waals surface area contributed by atoms with E-state index in [1.807, 2.05) is 61.6 Å². The number of nitrogen functional groups attached to an aromatic ring is 1. The summed E-state index contributed by atoms with van der Waals surface area (Å²) < 4.78 is 56.6. The molecule has 68 heavy (non-hydrogen) atoms. The maximum Gasteiger partial charge on any atom is 0.481 e. The Kier molecular flexibility index (Phi) is 30.9. The molecule has 7 N–H and O–H groups in total. The highest BCUT2D eigenvalue weighted by Crippen LogP contribution is 2.60. The zero-order valence-corrected chi connectivity index (χ0v) is 41.7. The van der Waals surface area contributed by atoms with Gasteiger partial charge < -0.3 is 45.1 Å². The lowest BCUT2D eigenvalue weighted by Gasteiger charge is -2.21. The summed E-state index contributed by atoms with van der Waals surface area (Å²) in [7, 11) is -10.9. The molecule has 0 saturated carbocycles. The molecule has 21 heteroatoms. The first-order valence-corrected chi connectivity index (χ1v) is 26.8. The molecular formula is C47H77N3O16P2. The van der Waals surface area contributed by atoms with Crippen molar-refractivity contribution < 1.29 is 71.4 Å². The minimum atomic E-state index is -5.44. The average Bonchev–Trinajstić information content (AvgIpc) is 3.57. The fourth-order valence-electron chi connectivity index (χ4n) is 6.64. The van der Waals surface area contributed by atoms with Crippen molar-refractivity contribution in [1.29, 1.82) is 0 Å². The molecule has 4 unspecified atom stereocenters. The van der Waals surface area contributed by atoms with Gasteiger partial charge in [-0.3, -0.25) is 23.2 Å². The molecule has 1 fully saturated rings. The first kappa shape index (κ1) is 60.5. The molecule has 1 aromatic heterocycles. The van der Waals surface area contributed by atoms with Crippen LogP contribution in [0.5, 0.6) is 0 Å². The molecule has 0 aliphatic carbocycles. The van der Waals surface area contributed by atoms with Crippen molar-refractivity contribution in [2.24, 2.45) is 5.92 Å². The Balaban J connectivity index is 1.85. The van der Waals surface area contributed by atoms with Gasteiger partial charge in [0.05, 0.1) is 19.3 Å². The predicted octanol–water partition coefficient (Wildman–Crippen LogP) is 7.99. The number of phosphoric acid groups is 2. The van der Waals surface area contributed by atoms with Crippen LogP contribution in [0.15, 0.2) is 77.8 Å². The van der Waals surface area contributed by atoms with E-state index >= 15 is 0 Å². The molecule has 2 rings (SSSR count). The molecule has 1 aliphatic heterocycles. The van der Waals surface area contributed by atoms with Gasteiger partial charge in [-0.05, 0) is 56.9 Å². The van der Waals surface area contributed by atoms with Crippen LogP contribution in [0.25, 0.3) is 0 Å². The molecule has 0 aromatic carbocycles. The van der Waals surface area contributed by atoms with Crippen molar-refractivity contribution in [1.82, 2.24) is 9.55 Å². The zero-order valence-electron chi connectivity index (χ0n) is 39.9. The van der Waals surface area contributed by atoms with Gasteiger partial charge in [0.15, 0.2) is 12.3 Å². The van der Waals surface area contributed by atoms with E-state index in [1.54, 1.807) is 6.08 Å². The second-order valence-corrected chi connectivity index (χ2v) is 19.7. The number of rotatable bonds is 37. The Morgan fingerprint density at radius 3 is 2.16 bits per heavy atom. The number of aromatic nitrogens is 2. The summed E-state index contributed by atoms with van der Waals surface area (Å²) in [6.07, 6.45) is 26.8. The number of aliphatic hydroxyl groups is 3. The van der Waals surface area contributed by atoms with Gasteiger partial charge in [-0.2, -0.15) is 9.29 Å². The van der Waals surface area contributed by atoms with Gasteiger partial charge in [0, 0.05) is 19.0 Å². The molecule has 386 valence electrons. The molecule has 9 atom stereocenters. The van der Waals surface area contributed by atoms with E-state index in [0.717, 1.165) is 55.2 Å². The van der Waals surface area contributed by atoms with Crippen LogP contribution in [-0.4, -0.2) is 96.9 Å². The third-order valence-corrected chi connectivity index (χ3v) is 13.3. The van der Waals surface area contributed by atoms with Crippen molar-refractivity contribution in [2.45, 2.75) is 173 Å². The maximum atomic E-state index is 12.8. The highest BCUT2D eigenvalue weighted by atomic mass is 31.3. The fraction of sp³-hybridized carbons (Fsp3) is 0.660. The lowest BCUT2D eigenvalue weighted by Crippen LogP contribution is -2.36. The summed E-state index contributed by atoms with van der Waals surface area (Å²) in [6.45, 7) is 4.11. The predicted molar refractivity (Wildman–Crippen MR) is 258 cm³/mol. The van der Waals surface area contributed by atoms with Crippen molar-refractivity contribution in [3.05, 3.63) is 83.5 Å². The average molecular weight is 1000 g/mol. The van der Waals surface area contributed by atoms with Crippen LogP contribution in [0.4, 0.5) is 5.82 Å². The number of esters is 2. The monoisotopic (exact) mass is 1000 g/mol. The van der Waals surface area contributed by atoms with Gasteiger partial charge in [-0.25, -0.2) is 13.9 Å². The summed E-state index contributed by atoms with van der Waals surface area (Å²) in [6, 6.07) is 1.24. The lowest BCUT2D eigenvalue weighted by molar-refractivity contribution is -0.161. The highest BCUT2D eigenvalue weighted by Gasteiger charge is 2.46. The summed E-state index contributed by atoms with van der Waals surface area (Å²) >= 11 is 0. The van der Waals surface area contributed by atoms with Crippen molar-refractivity contribution in [3.8, 4) is 0 Å². The van der Waals surface area contributed by atoms with Gasteiger partial charge in [0.25, 0.3) is 0 Å². The number of phosphoric ester groups is 2. The fourth-order valence-corrected chi connectivity index (χ4v) is 8.75. The summed E-state index contributed by atoms with van der Waals surface area (Å²) in [5.41, 5.74) is 4.57. The first-order chi connectivity index (χ1) is 32.5. The molecule has 0 amide bonds. The minimum Gasteiger partial charge on any atom is -0.462 e. The molecule has 1 aromatic rings. The molecule has 0 bridgehead atoms. The normalized spacial score (nSPS) is 20.9. The van der Waals surface area contributed by atoms with Crippen LogP contribution in [0.1, 0.15) is 143 Å². The van der Waals surface area contributed by atoms with E-state index < -0.39 is 89.8 Å². The third-order valence-electron chi connectivity index (χ3n) is 10.7. The lowest BCUT2D eigenvalue weighted by atomic mass is 9.99. The van der Waals surface area contributed by atoms with E-state index in [-0.39, 0.29) is 18.7 Å². The topological polar surface area (TPSA) is 286 Å². The van der Waals surface area contributed by atoms with Crippen molar-refractivity contribution in [2.75, 3.05) is 25.6 Å². The Hall–Kier alpha value is -3.58. The molecular weight excluding hydrogens is 924 g/mol. The number of nitrogens with two attached hydrogens (primary N) is 1. The molecule has 1 aliphatic rings. The van der Waals surface area contributed by atoms with Gasteiger partial charge in [0.1, 0.15) is 30.7 Å². The quantitative estimate of drug-likeness (QED) is 0.0121. The SMILES string of the molecule is CC/C=C\C(O)C/C=C/C=C\C/C=C\C/C=C\CCCC(=O)OC[C@H](COP(=O)(O)OP(=O)(O)OC[C@H]1O[C@@H](n2ccc(N)nc2=O)[C@H](O)[C@@H]1O)OC(=O)CCCCCCCCCCC(C)CC. The van der Waals surface area contributed by atoms with Gasteiger partial charge in [0.2, 0.25) is 0 Å². The number of anilines is 1. The largest absolute Gasteiger partial charge is 0.481 e. The standard InChI is InChI=1S/C47H77N3O16P2/c1-4-6-28-38(51)29-24-20-16-11-9-7-8-10-12-17-21-25-30-42(52)61-34-39(64-43(53)31-26-22-18-14-13-15-19-23-27-37(3)5-2)35-62-67(57,58)66-68(59,60)63-36-40-44(54)45(55)46(65-40)50-33-32-41(48)49-47(50)56/h6-8,11-12,16-17,20,24,28,32-33,37-40,44-46,51,54-55H,4-5,9-10,13-15,18-19,21-23,25-27,29-31,34-36H2,1-3H3,(H,57,58)(H,59,60)(H2,48,49,56)/b8-7-,16-11-,17-12-,24-20+,28-6-/t37?,38?,39-,40-,44-,45-,46-/m1/s1. The van der Waals surface area contributed by atoms with E-state index in [4.69, 9.17) is 29.0 Å². The van der Waals surface area contributed by atoms with Gasteiger partial charge in [-0.15, -0.1) is 0 Å². The number of ether oxygens (including phenoxy) is 3. The summed E-state index contributed by atoms with van der Waals surface area (Å²) in [5, 5.41) is 30.7. The Morgan fingerprint density at radius 1 is 0.838 bits per heavy atom. The maximum absolute atomic E-state index is 12.8. The second-order valence-electron chi connectivity index (χ2n) is 16.7. The molecule has 1 saturated heterocycles. The highest BCUT2D eigenvalue weighted by molar-refractivity contribution is 7.61. The molecule has 19 nitrogen and oxygen atoms in total. The number of allylic oxidation sites excluding steroid dienone is 8. The van der Waals surface area contributed by atoms with E-state index in [0.29, 0.717) is 32.1 Å². The van der Waals surface area contributed by atoms with E-state index in [1.165, 1.54) is 38.2 Å². The summed E-state index contributed by atoms with van der Waals surface area (Å²) in [5.74, 6) is -0.647. The number of carbonyl (C=O) groups excluding carboxylic acids is 2. The van der Waals surface area contributed by atoms with E-state index in [2.05, 4.69) is 23.1 Å². The van der Waals surface area contributed by atoms with Crippen molar-refractivity contribution >= 4 is 33.4 Å². The van der Waals surface area contributed by atoms with Crippen LogP contribution in [0, 0.1) is 5.92 Å². The third kappa shape index (κ3) is 27.6. The first-order valence-electron chi connectivity index (χ1n) is 23.8. The molecule has 0 radical (unpaired) electrons. The number of unbranched alkanes of at least 4 members (excludes halogenated alkanes) is 8. The molecule has 0 spiro atoms. The summed E-state index contributed by atoms with van der Waals surface area (Å²) in [4.78, 5) is 61.7. The van der Waals surface area contributed by atoms with Crippen LogP contribution >= 0.6 is 15.6 Å². The minimum absolute atomic E-state index is 0.0270. The number of carbonyl (C=O) groups is 2. The van der Waals surface area contributed by atoms with Crippen LogP contribution in [-0.2, 0) is 46.3 Å². The Bertz CT molecular complexity index is 1910. The van der Waals surface area contributed by atoms with Gasteiger partial charge >= 0.3 is 33.3 Å². The number of nitrogens with zero attached hydrogens (tertiary/aromatic N) is 2. The second kappa shape index (κ2) is 34.7. The smallest absolute Gasteiger partial charge is 0.462 e. The van der Waals surface area contributed by atoms with Crippen molar-refractivity contribution in [3.63, 3.8) is 0 Å². The van der Waals surface area contributed by atoms with Crippen LogP contribution in [0.3, 0.4) is 0 Å². The molecule has 2 heterocycles.